The lowest BCUT2D eigenvalue weighted by atomic mass is 10.0. The van der Waals surface area contributed by atoms with E-state index in [-0.39, 0.29) is 6.04 Å². The number of rotatable bonds is 8. The van der Waals surface area contributed by atoms with Gasteiger partial charge in [-0.1, -0.05) is 39.8 Å². The van der Waals surface area contributed by atoms with Gasteiger partial charge in [0.15, 0.2) is 0 Å². The predicted octanol–water partition coefficient (Wildman–Crippen LogP) is 3.22. The maximum atomic E-state index is 12.3. The fraction of sp³-hybridized carbons (Fsp3) is 0.600. The summed E-state index contributed by atoms with van der Waals surface area (Å²) in [6, 6.07) is 7.34. The lowest BCUT2D eigenvalue weighted by molar-refractivity contribution is 0.510. The molecule has 2 N–H and O–H groups in total. The second kappa shape index (κ2) is 7.64. The summed E-state index contributed by atoms with van der Waals surface area (Å²) in [4.78, 5) is 0.326. The van der Waals surface area contributed by atoms with Gasteiger partial charge in [-0.2, -0.15) is 0 Å². The molecule has 0 saturated heterocycles. The molecule has 0 aliphatic heterocycles. The van der Waals surface area contributed by atoms with Crippen LogP contribution in [-0.2, 0) is 10.0 Å². The fourth-order valence-electron chi connectivity index (χ4n) is 2.07. The van der Waals surface area contributed by atoms with Crippen LogP contribution in [0.1, 0.15) is 40.5 Å². The third-order valence-corrected chi connectivity index (χ3v) is 4.82. The van der Waals surface area contributed by atoms with Crippen molar-refractivity contribution in [2.75, 3.05) is 11.9 Å². The predicted molar refractivity (Wildman–Crippen MR) is 84.5 cm³/mol. The zero-order valence-corrected chi connectivity index (χ0v) is 13.6. The molecule has 0 saturated carbocycles. The van der Waals surface area contributed by atoms with Crippen LogP contribution in [0.25, 0.3) is 0 Å². The first-order chi connectivity index (χ1) is 9.42. The third kappa shape index (κ3) is 4.49. The summed E-state index contributed by atoms with van der Waals surface area (Å²) in [7, 11) is -3.45. The molecule has 1 rings (SSSR count). The smallest absolute Gasteiger partial charge is 0.242 e. The van der Waals surface area contributed by atoms with Gasteiger partial charge in [0.2, 0.25) is 10.0 Å². The van der Waals surface area contributed by atoms with Crippen molar-refractivity contribution in [2.24, 2.45) is 5.92 Å². The fourth-order valence-corrected chi connectivity index (χ4v) is 3.38. The third-order valence-electron chi connectivity index (χ3n) is 3.30. The maximum absolute atomic E-state index is 12.3. The average molecular weight is 298 g/mol. The van der Waals surface area contributed by atoms with Crippen LogP contribution in [0, 0.1) is 5.92 Å². The number of benzene rings is 1. The zero-order chi connectivity index (χ0) is 15.2. The molecule has 0 bridgehead atoms. The molecule has 0 amide bonds. The Bertz CT molecular complexity index is 512. The van der Waals surface area contributed by atoms with Crippen molar-refractivity contribution in [3.8, 4) is 0 Å². The quantitative estimate of drug-likeness (QED) is 0.774. The van der Waals surface area contributed by atoms with Gasteiger partial charge >= 0.3 is 0 Å². The van der Waals surface area contributed by atoms with E-state index in [1.165, 1.54) is 0 Å². The summed E-state index contributed by atoms with van der Waals surface area (Å²) in [5, 5.41) is 3.36. The number of anilines is 1. The van der Waals surface area contributed by atoms with Crippen LogP contribution in [0.15, 0.2) is 29.2 Å². The Kier molecular flexibility index (Phi) is 6.49. The van der Waals surface area contributed by atoms with Gasteiger partial charge in [0.1, 0.15) is 4.90 Å². The van der Waals surface area contributed by atoms with E-state index in [9.17, 15) is 8.42 Å². The van der Waals surface area contributed by atoms with Crippen molar-refractivity contribution in [3.63, 3.8) is 0 Å². The molecule has 114 valence electrons. The minimum absolute atomic E-state index is 0.262. The molecule has 0 aliphatic carbocycles. The molecule has 4 nitrogen and oxygen atoms in total. The minimum Gasteiger partial charge on any atom is -0.381 e. The molecule has 1 unspecified atom stereocenters. The highest BCUT2D eigenvalue weighted by atomic mass is 32.2. The van der Waals surface area contributed by atoms with E-state index >= 15 is 0 Å². The van der Waals surface area contributed by atoms with Crippen molar-refractivity contribution in [1.29, 1.82) is 0 Å². The molecular formula is C15H26N2O2S. The van der Waals surface area contributed by atoms with Crippen molar-refractivity contribution in [3.05, 3.63) is 24.3 Å². The standard InChI is InChI=1S/C15H26N2O2S/c1-5-11-16-20(18,19)15-10-8-7-9-14(15)17-13(6-2)12(3)4/h7-10,12-13,16-17H,5-6,11H2,1-4H3. The van der Waals surface area contributed by atoms with Gasteiger partial charge in [0.25, 0.3) is 0 Å². The van der Waals surface area contributed by atoms with Gasteiger partial charge in [-0.05, 0) is 30.9 Å². The summed E-state index contributed by atoms with van der Waals surface area (Å²) in [6.45, 7) is 8.77. The Balaban J connectivity index is 3.05. The normalized spacial score (nSPS) is 13.4. The summed E-state index contributed by atoms with van der Waals surface area (Å²) >= 11 is 0. The highest BCUT2D eigenvalue weighted by Gasteiger charge is 2.19. The average Bonchev–Trinajstić information content (AvgIpc) is 2.42. The van der Waals surface area contributed by atoms with E-state index in [2.05, 4.69) is 30.8 Å². The molecule has 1 atom stereocenters. The molecule has 0 spiro atoms. The van der Waals surface area contributed by atoms with Crippen LogP contribution in [0.4, 0.5) is 5.69 Å². The Hall–Kier alpha value is -1.07. The van der Waals surface area contributed by atoms with Crippen LogP contribution >= 0.6 is 0 Å². The van der Waals surface area contributed by atoms with Crippen molar-refractivity contribution in [2.45, 2.75) is 51.5 Å². The molecule has 1 aromatic rings. The molecular weight excluding hydrogens is 272 g/mol. The number of sulfonamides is 1. The van der Waals surface area contributed by atoms with Gasteiger partial charge in [-0.3, -0.25) is 0 Å². The highest BCUT2D eigenvalue weighted by molar-refractivity contribution is 7.89. The van der Waals surface area contributed by atoms with Gasteiger partial charge in [0.05, 0.1) is 5.69 Å². The largest absolute Gasteiger partial charge is 0.381 e. The zero-order valence-electron chi connectivity index (χ0n) is 12.8. The van der Waals surface area contributed by atoms with Gasteiger partial charge in [0, 0.05) is 12.6 Å². The van der Waals surface area contributed by atoms with E-state index < -0.39 is 10.0 Å². The molecule has 5 heteroatoms. The number of nitrogens with one attached hydrogen (secondary N) is 2. The summed E-state index contributed by atoms with van der Waals surface area (Å²) in [5.74, 6) is 0.444. The summed E-state index contributed by atoms with van der Waals surface area (Å²) < 4.78 is 27.2. The Morgan fingerprint density at radius 2 is 1.80 bits per heavy atom. The SMILES string of the molecule is CCCNS(=O)(=O)c1ccccc1NC(CC)C(C)C. The molecule has 1 aromatic carbocycles. The lowest BCUT2D eigenvalue weighted by Gasteiger charge is -2.23. The van der Waals surface area contributed by atoms with E-state index in [4.69, 9.17) is 0 Å². The first kappa shape index (κ1) is 17.0. The van der Waals surface area contributed by atoms with Crippen LogP contribution < -0.4 is 10.0 Å². The van der Waals surface area contributed by atoms with E-state index in [1.807, 2.05) is 19.1 Å². The number of hydrogen-bond acceptors (Lipinski definition) is 3. The highest BCUT2D eigenvalue weighted by Crippen LogP contribution is 2.23. The van der Waals surface area contributed by atoms with E-state index in [1.54, 1.807) is 12.1 Å². The second-order valence-corrected chi connectivity index (χ2v) is 7.03. The molecule has 0 heterocycles. The van der Waals surface area contributed by atoms with Crippen LogP contribution in [0.5, 0.6) is 0 Å². The molecule has 0 aliphatic rings. The molecule has 0 aromatic heterocycles. The summed E-state index contributed by atoms with van der Waals surface area (Å²) in [6.07, 6.45) is 1.73. The number of para-hydroxylation sites is 1. The van der Waals surface area contributed by atoms with Crippen molar-refractivity contribution >= 4 is 15.7 Å². The second-order valence-electron chi connectivity index (χ2n) is 5.30. The van der Waals surface area contributed by atoms with Gasteiger partial charge < -0.3 is 5.32 Å². The Morgan fingerprint density at radius 3 is 2.35 bits per heavy atom. The molecule has 0 radical (unpaired) electrons. The maximum Gasteiger partial charge on any atom is 0.242 e. The van der Waals surface area contributed by atoms with Crippen molar-refractivity contribution in [1.82, 2.24) is 4.72 Å². The minimum atomic E-state index is -3.45. The van der Waals surface area contributed by atoms with Gasteiger partial charge in [-0.25, -0.2) is 13.1 Å². The first-order valence-corrected chi connectivity index (χ1v) is 8.75. The lowest BCUT2D eigenvalue weighted by Crippen LogP contribution is -2.28. The Morgan fingerprint density at radius 1 is 1.15 bits per heavy atom. The van der Waals surface area contributed by atoms with E-state index in [0.29, 0.717) is 23.0 Å². The number of hydrogen-bond donors (Lipinski definition) is 2. The Labute approximate surface area is 123 Å². The van der Waals surface area contributed by atoms with Gasteiger partial charge in [-0.15, -0.1) is 0 Å². The molecule has 0 fully saturated rings. The summed E-state index contributed by atoms with van der Waals surface area (Å²) in [5.41, 5.74) is 0.677. The van der Waals surface area contributed by atoms with E-state index in [0.717, 1.165) is 12.8 Å². The topological polar surface area (TPSA) is 58.2 Å². The molecule has 20 heavy (non-hydrogen) atoms. The first-order valence-electron chi connectivity index (χ1n) is 7.27. The van der Waals surface area contributed by atoms with Crippen LogP contribution in [0.2, 0.25) is 0 Å². The monoisotopic (exact) mass is 298 g/mol. The van der Waals surface area contributed by atoms with Crippen molar-refractivity contribution < 1.29 is 8.42 Å². The van der Waals surface area contributed by atoms with Crippen LogP contribution in [0.3, 0.4) is 0 Å². The van der Waals surface area contributed by atoms with Crippen LogP contribution in [-0.4, -0.2) is 21.0 Å².